The summed E-state index contributed by atoms with van der Waals surface area (Å²) in [6.45, 7) is 4.61. The number of hydrogen-bond acceptors (Lipinski definition) is 5. The number of halogens is 4. The van der Waals surface area contributed by atoms with Crippen LogP contribution >= 0.6 is 11.6 Å². The summed E-state index contributed by atoms with van der Waals surface area (Å²) in [6, 6.07) is 2.90. The van der Waals surface area contributed by atoms with Gasteiger partial charge in [0.25, 0.3) is 0 Å². The Bertz CT molecular complexity index is 604. The lowest BCUT2D eigenvalue weighted by molar-refractivity contribution is -0.274. The second-order valence-corrected chi connectivity index (χ2v) is 6.53. The van der Waals surface area contributed by atoms with E-state index in [0.717, 1.165) is 18.2 Å². The van der Waals surface area contributed by atoms with Crippen LogP contribution in [0.15, 0.2) is 18.2 Å². The maximum Gasteiger partial charge on any atom is 0.573 e. The molecule has 0 aliphatic carbocycles. The van der Waals surface area contributed by atoms with Crippen molar-refractivity contribution < 1.29 is 37.7 Å². The SMILES string of the molecule is CC(C)(C)OC(=O)NCC(O)C(O)c1ccc(OC(F)(F)F)cc1Cl. The van der Waals surface area contributed by atoms with Gasteiger partial charge in [0.05, 0.1) is 5.02 Å². The van der Waals surface area contributed by atoms with Crippen LogP contribution in [0.2, 0.25) is 5.02 Å². The van der Waals surface area contributed by atoms with Crippen molar-refractivity contribution in [2.75, 3.05) is 6.54 Å². The molecule has 2 atom stereocenters. The minimum absolute atomic E-state index is 0.0188. The maximum atomic E-state index is 12.1. The Hall–Kier alpha value is -1.71. The predicted molar refractivity (Wildman–Crippen MR) is 83.3 cm³/mol. The molecule has 0 saturated heterocycles. The van der Waals surface area contributed by atoms with Crippen molar-refractivity contribution in [2.45, 2.75) is 44.9 Å². The monoisotopic (exact) mass is 385 g/mol. The van der Waals surface area contributed by atoms with Crippen molar-refractivity contribution in [2.24, 2.45) is 0 Å². The van der Waals surface area contributed by atoms with Crippen molar-refractivity contribution in [3.05, 3.63) is 28.8 Å². The Morgan fingerprint density at radius 3 is 2.36 bits per heavy atom. The standard InChI is InChI=1S/C15H19ClF3NO5/c1-14(2,3)25-13(23)20-7-11(21)12(22)9-5-4-8(6-10(9)16)24-15(17,18)19/h4-6,11-12,21-22H,7H2,1-3H3,(H,20,23). The number of nitrogens with one attached hydrogen (secondary N) is 1. The molecule has 142 valence electrons. The number of hydrogen-bond donors (Lipinski definition) is 3. The molecule has 0 radical (unpaired) electrons. The summed E-state index contributed by atoms with van der Waals surface area (Å²) in [7, 11) is 0. The third-order valence-corrected chi connectivity index (χ3v) is 3.07. The molecule has 25 heavy (non-hydrogen) atoms. The molecule has 1 aromatic rings. The topological polar surface area (TPSA) is 88.0 Å². The summed E-state index contributed by atoms with van der Waals surface area (Å²) in [4.78, 5) is 11.5. The summed E-state index contributed by atoms with van der Waals surface area (Å²) in [5.41, 5.74) is -0.750. The van der Waals surface area contributed by atoms with Crippen LogP contribution < -0.4 is 10.1 Å². The lowest BCUT2D eigenvalue weighted by Crippen LogP contribution is -2.38. The van der Waals surface area contributed by atoms with Gasteiger partial charge >= 0.3 is 12.5 Å². The first-order chi connectivity index (χ1) is 11.3. The van der Waals surface area contributed by atoms with E-state index < -0.39 is 36.0 Å². The van der Waals surface area contributed by atoms with Crippen LogP contribution in [0.1, 0.15) is 32.4 Å². The fourth-order valence-corrected chi connectivity index (χ4v) is 2.05. The molecule has 1 aromatic carbocycles. The van der Waals surface area contributed by atoms with Gasteiger partial charge in [-0.15, -0.1) is 13.2 Å². The van der Waals surface area contributed by atoms with Crippen molar-refractivity contribution >= 4 is 17.7 Å². The number of rotatable bonds is 5. The van der Waals surface area contributed by atoms with Crippen LogP contribution in [0, 0.1) is 0 Å². The predicted octanol–water partition coefficient (Wildman–Crippen LogP) is 3.16. The van der Waals surface area contributed by atoms with Gasteiger partial charge in [-0.25, -0.2) is 4.79 Å². The van der Waals surface area contributed by atoms with Crippen LogP contribution in [0.25, 0.3) is 0 Å². The molecule has 0 bridgehead atoms. The van der Waals surface area contributed by atoms with Gasteiger partial charge < -0.3 is 25.0 Å². The summed E-state index contributed by atoms with van der Waals surface area (Å²) >= 11 is 5.82. The molecule has 0 fully saturated rings. The molecular weight excluding hydrogens is 367 g/mol. The number of amides is 1. The Morgan fingerprint density at radius 1 is 1.28 bits per heavy atom. The number of carbonyl (C=O) groups excluding carboxylic acids is 1. The summed E-state index contributed by atoms with van der Waals surface area (Å²) in [6.07, 6.45) is -8.67. The van der Waals surface area contributed by atoms with E-state index in [4.69, 9.17) is 16.3 Å². The number of alkyl halides is 3. The van der Waals surface area contributed by atoms with Crippen LogP contribution in [0.3, 0.4) is 0 Å². The number of aliphatic hydroxyl groups excluding tert-OH is 2. The summed E-state index contributed by atoms with van der Waals surface area (Å²) < 4.78 is 45.1. The van der Waals surface area contributed by atoms with Gasteiger partial charge in [0.15, 0.2) is 0 Å². The number of benzene rings is 1. The number of alkyl carbamates (subject to hydrolysis) is 1. The minimum Gasteiger partial charge on any atom is -0.444 e. The van der Waals surface area contributed by atoms with Crippen LogP contribution in [0.4, 0.5) is 18.0 Å². The highest BCUT2D eigenvalue weighted by molar-refractivity contribution is 6.31. The lowest BCUT2D eigenvalue weighted by atomic mass is 10.0. The molecule has 0 aliphatic heterocycles. The van der Waals surface area contributed by atoms with Gasteiger partial charge in [-0.2, -0.15) is 0 Å². The first-order valence-corrected chi connectivity index (χ1v) is 7.54. The fraction of sp³-hybridized carbons (Fsp3) is 0.533. The van der Waals surface area contributed by atoms with Crippen LogP contribution in [-0.4, -0.2) is 40.9 Å². The maximum absolute atomic E-state index is 12.1. The van der Waals surface area contributed by atoms with E-state index in [1.165, 1.54) is 0 Å². The summed E-state index contributed by atoms with van der Waals surface area (Å²) in [5, 5.41) is 22.0. The Balaban J connectivity index is 2.69. The second kappa shape index (κ2) is 8.11. The Kier molecular flexibility index (Phi) is 6.92. The molecule has 2 unspecified atom stereocenters. The van der Waals surface area contributed by atoms with Gasteiger partial charge in [0.1, 0.15) is 23.6 Å². The number of carbonyl (C=O) groups is 1. The number of aliphatic hydroxyl groups is 2. The van der Waals surface area contributed by atoms with Gasteiger partial charge in [0.2, 0.25) is 0 Å². The molecule has 1 amide bonds. The zero-order valence-electron chi connectivity index (χ0n) is 13.7. The Morgan fingerprint density at radius 2 is 1.88 bits per heavy atom. The number of ether oxygens (including phenoxy) is 2. The quantitative estimate of drug-likeness (QED) is 0.724. The van der Waals surface area contributed by atoms with E-state index in [1.54, 1.807) is 20.8 Å². The highest BCUT2D eigenvalue weighted by atomic mass is 35.5. The van der Waals surface area contributed by atoms with Crippen molar-refractivity contribution in [3.63, 3.8) is 0 Å². The molecule has 6 nitrogen and oxygen atoms in total. The van der Waals surface area contributed by atoms with Gasteiger partial charge in [-0.3, -0.25) is 0 Å². The van der Waals surface area contributed by atoms with Crippen molar-refractivity contribution in [1.29, 1.82) is 0 Å². The van der Waals surface area contributed by atoms with E-state index in [0.29, 0.717) is 0 Å². The normalized spacial score (nSPS) is 14.6. The van der Waals surface area contributed by atoms with Crippen LogP contribution in [-0.2, 0) is 4.74 Å². The molecule has 0 heterocycles. The smallest absolute Gasteiger partial charge is 0.444 e. The van der Waals surface area contributed by atoms with E-state index in [9.17, 15) is 28.2 Å². The highest BCUT2D eigenvalue weighted by Gasteiger charge is 2.31. The minimum atomic E-state index is -4.87. The summed E-state index contributed by atoms with van der Waals surface area (Å²) in [5.74, 6) is -0.560. The first-order valence-electron chi connectivity index (χ1n) is 7.16. The molecular formula is C15H19ClF3NO5. The average Bonchev–Trinajstić information content (AvgIpc) is 2.40. The third kappa shape index (κ3) is 7.80. The van der Waals surface area contributed by atoms with Gasteiger partial charge in [0, 0.05) is 12.1 Å². The first kappa shape index (κ1) is 21.3. The molecule has 10 heteroatoms. The second-order valence-electron chi connectivity index (χ2n) is 6.13. The highest BCUT2D eigenvalue weighted by Crippen LogP contribution is 2.31. The van der Waals surface area contributed by atoms with E-state index in [2.05, 4.69) is 10.1 Å². The molecule has 3 N–H and O–H groups in total. The Labute approximate surface area is 147 Å². The zero-order valence-corrected chi connectivity index (χ0v) is 14.5. The molecule has 0 aliphatic rings. The molecule has 0 spiro atoms. The van der Waals surface area contributed by atoms with E-state index in [-0.39, 0.29) is 17.1 Å². The van der Waals surface area contributed by atoms with Crippen LogP contribution in [0.5, 0.6) is 5.75 Å². The van der Waals surface area contributed by atoms with Gasteiger partial charge in [-0.1, -0.05) is 17.7 Å². The molecule has 1 rings (SSSR count). The van der Waals surface area contributed by atoms with E-state index >= 15 is 0 Å². The average molecular weight is 386 g/mol. The zero-order chi connectivity index (χ0) is 19.4. The lowest BCUT2D eigenvalue weighted by Gasteiger charge is -2.22. The molecule has 0 saturated carbocycles. The van der Waals surface area contributed by atoms with Crippen molar-refractivity contribution in [3.8, 4) is 5.75 Å². The third-order valence-electron chi connectivity index (χ3n) is 2.74. The van der Waals surface area contributed by atoms with E-state index in [1.807, 2.05) is 0 Å². The van der Waals surface area contributed by atoms with Crippen molar-refractivity contribution in [1.82, 2.24) is 5.32 Å². The molecule has 0 aromatic heterocycles. The van der Waals surface area contributed by atoms with Gasteiger partial charge in [-0.05, 0) is 32.9 Å². The fourth-order valence-electron chi connectivity index (χ4n) is 1.77. The largest absolute Gasteiger partial charge is 0.573 e.